The van der Waals surface area contributed by atoms with E-state index in [4.69, 9.17) is 4.74 Å². The number of carboxylic acid groups (broad SMARTS) is 1. The normalized spacial score (nSPS) is 26.8. The second-order valence-electron chi connectivity index (χ2n) is 9.79. The fourth-order valence-corrected chi connectivity index (χ4v) is 4.91. The molecule has 4 rings (SSSR count). The van der Waals surface area contributed by atoms with Gasteiger partial charge < -0.3 is 20.1 Å². The number of likely N-dealkylation sites (tertiary alicyclic amines) is 1. The monoisotopic (exact) mass is 424 g/mol. The summed E-state index contributed by atoms with van der Waals surface area (Å²) in [5.74, 6) is 0.820. The largest absolute Gasteiger partial charge is 0.493 e. The first-order chi connectivity index (χ1) is 15.0. The minimum atomic E-state index is -0.626. The van der Waals surface area contributed by atoms with Crippen molar-refractivity contribution in [1.29, 1.82) is 0 Å². The SMILES string of the molecule is C=C/C(=C\C)OCC1(CN[C@@H]2CC2c2ccccc2)CCN(CC2(C(=O)O)CC2)CC1. The molecule has 168 valence electrons. The van der Waals surface area contributed by atoms with Gasteiger partial charge in [0, 0.05) is 30.5 Å². The van der Waals surface area contributed by atoms with Crippen LogP contribution < -0.4 is 5.32 Å². The molecule has 3 fully saturated rings. The van der Waals surface area contributed by atoms with Crippen LogP contribution in [-0.4, -0.2) is 54.8 Å². The summed E-state index contributed by atoms with van der Waals surface area (Å²) in [4.78, 5) is 13.9. The number of benzene rings is 1. The fraction of sp³-hybridized carbons (Fsp3) is 0.577. The average molecular weight is 425 g/mol. The van der Waals surface area contributed by atoms with E-state index in [-0.39, 0.29) is 5.41 Å². The van der Waals surface area contributed by atoms with Crippen LogP contribution in [0.5, 0.6) is 0 Å². The van der Waals surface area contributed by atoms with Crippen molar-refractivity contribution in [3.05, 3.63) is 60.4 Å². The Morgan fingerprint density at radius 3 is 2.55 bits per heavy atom. The summed E-state index contributed by atoms with van der Waals surface area (Å²) >= 11 is 0. The van der Waals surface area contributed by atoms with Gasteiger partial charge in [0.25, 0.3) is 0 Å². The van der Waals surface area contributed by atoms with Crippen LogP contribution >= 0.6 is 0 Å². The van der Waals surface area contributed by atoms with Gasteiger partial charge in [0.15, 0.2) is 0 Å². The van der Waals surface area contributed by atoms with E-state index in [2.05, 4.69) is 47.1 Å². The van der Waals surface area contributed by atoms with Crippen molar-refractivity contribution in [2.45, 2.75) is 51.0 Å². The van der Waals surface area contributed by atoms with Crippen molar-refractivity contribution in [2.75, 3.05) is 32.8 Å². The molecular formula is C26H36N2O3. The van der Waals surface area contributed by atoms with Crippen molar-refractivity contribution >= 4 is 5.97 Å². The highest BCUT2D eigenvalue weighted by molar-refractivity contribution is 5.78. The topological polar surface area (TPSA) is 61.8 Å². The van der Waals surface area contributed by atoms with E-state index in [9.17, 15) is 9.90 Å². The molecule has 5 heteroatoms. The molecule has 1 heterocycles. The number of hydrogen-bond donors (Lipinski definition) is 2. The van der Waals surface area contributed by atoms with Crippen LogP contribution in [0.1, 0.15) is 50.5 Å². The highest BCUT2D eigenvalue weighted by Gasteiger charge is 2.52. The van der Waals surface area contributed by atoms with Gasteiger partial charge in [-0.05, 0) is 69.8 Å². The number of ether oxygens (including phenoxy) is 1. The zero-order valence-corrected chi connectivity index (χ0v) is 18.7. The highest BCUT2D eigenvalue weighted by Crippen LogP contribution is 2.47. The molecule has 1 unspecified atom stereocenters. The third-order valence-electron chi connectivity index (χ3n) is 7.54. The predicted octanol–water partition coefficient (Wildman–Crippen LogP) is 4.19. The van der Waals surface area contributed by atoms with E-state index in [1.54, 1.807) is 6.08 Å². The third kappa shape index (κ3) is 5.21. The molecule has 2 aliphatic carbocycles. The number of carbonyl (C=O) groups is 1. The molecule has 0 radical (unpaired) electrons. The average Bonchev–Trinajstić information content (AvgIpc) is 3.71. The number of aliphatic carboxylic acids is 1. The number of allylic oxidation sites excluding steroid dienone is 2. The Morgan fingerprint density at radius 2 is 1.97 bits per heavy atom. The van der Waals surface area contributed by atoms with E-state index in [0.717, 1.165) is 51.1 Å². The summed E-state index contributed by atoms with van der Waals surface area (Å²) in [6.07, 6.45) is 8.61. The van der Waals surface area contributed by atoms with E-state index < -0.39 is 11.4 Å². The molecule has 2 N–H and O–H groups in total. The number of piperidine rings is 1. The van der Waals surface area contributed by atoms with Crippen molar-refractivity contribution in [1.82, 2.24) is 10.2 Å². The first kappa shape index (κ1) is 22.1. The molecule has 0 spiro atoms. The molecule has 0 bridgehead atoms. The van der Waals surface area contributed by atoms with Gasteiger partial charge in [-0.15, -0.1) is 0 Å². The van der Waals surface area contributed by atoms with Crippen LogP contribution in [-0.2, 0) is 9.53 Å². The van der Waals surface area contributed by atoms with Crippen LogP contribution in [0.15, 0.2) is 54.8 Å². The molecule has 31 heavy (non-hydrogen) atoms. The van der Waals surface area contributed by atoms with E-state index in [1.807, 2.05) is 13.0 Å². The summed E-state index contributed by atoms with van der Waals surface area (Å²) in [5.41, 5.74) is 1.01. The van der Waals surface area contributed by atoms with E-state index in [0.29, 0.717) is 25.1 Å². The third-order valence-corrected chi connectivity index (χ3v) is 7.54. The Morgan fingerprint density at radius 1 is 1.26 bits per heavy atom. The predicted molar refractivity (Wildman–Crippen MR) is 123 cm³/mol. The van der Waals surface area contributed by atoms with E-state index >= 15 is 0 Å². The summed E-state index contributed by atoms with van der Waals surface area (Å²) in [7, 11) is 0. The number of rotatable bonds is 11. The Labute approximate surface area is 186 Å². The van der Waals surface area contributed by atoms with Gasteiger partial charge in [0.2, 0.25) is 0 Å². The van der Waals surface area contributed by atoms with Gasteiger partial charge in [-0.2, -0.15) is 0 Å². The maximum Gasteiger partial charge on any atom is 0.310 e. The number of hydrogen-bond acceptors (Lipinski definition) is 4. The fourth-order valence-electron chi connectivity index (χ4n) is 4.91. The highest BCUT2D eigenvalue weighted by atomic mass is 16.5. The first-order valence-corrected chi connectivity index (χ1v) is 11.6. The summed E-state index contributed by atoms with van der Waals surface area (Å²) in [5, 5.41) is 13.4. The lowest BCUT2D eigenvalue weighted by Crippen LogP contribution is -2.49. The zero-order valence-electron chi connectivity index (χ0n) is 18.7. The van der Waals surface area contributed by atoms with Crippen molar-refractivity contribution < 1.29 is 14.6 Å². The van der Waals surface area contributed by atoms with Gasteiger partial charge in [-0.3, -0.25) is 4.79 Å². The van der Waals surface area contributed by atoms with Crippen molar-refractivity contribution in [3.63, 3.8) is 0 Å². The summed E-state index contributed by atoms with van der Waals surface area (Å²) in [6, 6.07) is 11.3. The molecule has 2 saturated carbocycles. The van der Waals surface area contributed by atoms with Gasteiger partial charge in [0.05, 0.1) is 12.0 Å². The summed E-state index contributed by atoms with van der Waals surface area (Å²) in [6.45, 7) is 10.00. The molecule has 1 saturated heterocycles. The second kappa shape index (κ2) is 9.17. The van der Waals surface area contributed by atoms with Gasteiger partial charge in [0.1, 0.15) is 5.76 Å². The van der Waals surface area contributed by atoms with Gasteiger partial charge in [-0.25, -0.2) is 0 Å². The lowest BCUT2D eigenvalue weighted by atomic mass is 9.78. The standard InChI is InChI=1S/C26H36N2O3/c1-3-21(4-2)31-19-25(17-27-23-16-22(23)20-8-6-5-7-9-20)12-14-28(15-13-25)18-26(10-11-26)24(29)30/h3-9,22-23,27H,1,10-19H2,2H3,(H,29,30)/b21-4+/t22?,23-/m1/s1. The minimum absolute atomic E-state index is 0.0670. The molecule has 3 aliphatic rings. The molecule has 2 atom stereocenters. The van der Waals surface area contributed by atoms with Crippen LogP contribution in [0.3, 0.4) is 0 Å². The molecule has 0 aromatic heterocycles. The minimum Gasteiger partial charge on any atom is -0.493 e. The van der Waals surface area contributed by atoms with Gasteiger partial charge >= 0.3 is 5.97 Å². The molecule has 0 amide bonds. The molecule has 1 aromatic rings. The van der Waals surface area contributed by atoms with Crippen LogP contribution in [0.2, 0.25) is 0 Å². The lowest BCUT2D eigenvalue weighted by Gasteiger charge is -2.42. The quantitative estimate of drug-likeness (QED) is 0.412. The van der Waals surface area contributed by atoms with Gasteiger partial charge in [-0.1, -0.05) is 36.9 Å². The van der Waals surface area contributed by atoms with Crippen molar-refractivity contribution in [2.24, 2.45) is 10.8 Å². The Balaban J connectivity index is 1.34. The molecule has 1 aliphatic heterocycles. The molecular weight excluding hydrogens is 388 g/mol. The number of nitrogens with one attached hydrogen (secondary N) is 1. The van der Waals surface area contributed by atoms with Crippen LogP contribution in [0.25, 0.3) is 0 Å². The van der Waals surface area contributed by atoms with Crippen molar-refractivity contribution in [3.8, 4) is 0 Å². The smallest absolute Gasteiger partial charge is 0.310 e. The zero-order chi connectivity index (χ0) is 21.9. The maximum atomic E-state index is 11.6. The summed E-state index contributed by atoms with van der Waals surface area (Å²) < 4.78 is 6.12. The molecule has 5 nitrogen and oxygen atoms in total. The van der Waals surface area contributed by atoms with Crippen LogP contribution in [0.4, 0.5) is 0 Å². The van der Waals surface area contributed by atoms with E-state index in [1.165, 1.54) is 12.0 Å². The maximum absolute atomic E-state index is 11.6. The Bertz CT molecular complexity index is 807. The second-order valence-corrected chi connectivity index (χ2v) is 9.79. The number of carboxylic acids is 1. The molecule has 1 aromatic carbocycles. The number of nitrogens with zero attached hydrogens (tertiary/aromatic N) is 1. The first-order valence-electron chi connectivity index (χ1n) is 11.6. The van der Waals surface area contributed by atoms with Crippen LogP contribution in [0, 0.1) is 10.8 Å². The Kier molecular flexibility index (Phi) is 6.54. The lowest BCUT2D eigenvalue weighted by molar-refractivity contribution is -0.144. The Hall–Kier alpha value is -2.11.